The van der Waals surface area contributed by atoms with E-state index in [1.165, 1.54) is 52.3 Å². The normalized spacial score (nSPS) is 22.9. The van der Waals surface area contributed by atoms with E-state index in [2.05, 4.69) is 4.90 Å². The number of piperidine rings is 2. The number of ether oxygens (including phenoxy) is 2. The predicted molar refractivity (Wildman–Crippen MR) is 165 cm³/mol. The Hall–Kier alpha value is -3.59. The summed E-state index contributed by atoms with van der Waals surface area (Å²) in [4.78, 5) is 48.8. The topological polar surface area (TPSA) is 82.6 Å². The molecule has 0 aromatic heterocycles. The molecule has 0 spiro atoms. The first-order valence-corrected chi connectivity index (χ1v) is 15.9. The number of amides is 3. The minimum Gasteiger partial charge on any atom is -0.493 e. The van der Waals surface area contributed by atoms with E-state index in [-0.39, 0.29) is 17.7 Å². The summed E-state index contributed by atoms with van der Waals surface area (Å²) in [5.74, 6) is 1.36. The molecular formula is C34H44N4O5. The summed E-state index contributed by atoms with van der Waals surface area (Å²) >= 11 is 0. The van der Waals surface area contributed by atoms with Crippen LogP contribution in [-0.4, -0.2) is 85.9 Å². The summed E-state index contributed by atoms with van der Waals surface area (Å²) in [5, 5.41) is 0. The number of anilines is 1. The molecule has 0 saturated carbocycles. The van der Waals surface area contributed by atoms with E-state index in [0.29, 0.717) is 53.2 Å². The molecule has 9 heteroatoms. The van der Waals surface area contributed by atoms with Gasteiger partial charge >= 0.3 is 0 Å². The zero-order valence-electron chi connectivity index (χ0n) is 25.7. The Kier molecular flexibility index (Phi) is 8.61. The van der Waals surface area contributed by atoms with Crippen molar-refractivity contribution < 1.29 is 23.9 Å². The number of hydrogen-bond acceptors (Lipinski definition) is 6. The maximum Gasteiger partial charge on any atom is 0.264 e. The lowest BCUT2D eigenvalue weighted by molar-refractivity contribution is -0.131. The van der Waals surface area contributed by atoms with Gasteiger partial charge in [0.25, 0.3) is 11.8 Å². The fraction of sp³-hybridized carbons (Fsp3) is 0.559. The van der Waals surface area contributed by atoms with Crippen molar-refractivity contribution in [2.75, 3.05) is 52.3 Å². The van der Waals surface area contributed by atoms with Crippen molar-refractivity contribution in [1.82, 2.24) is 14.7 Å². The number of carbonyl (C=O) groups is 3. The largest absolute Gasteiger partial charge is 0.493 e. The molecule has 9 nitrogen and oxygen atoms in total. The zero-order chi connectivity index (χ0) is 30.1. The van der Waals surface area contributed by atoms with Crippen molar-refractivity contribution in [3.63, 3.8) is 0 Å². The number of para-hydroxylation sites is 1. The number of rotatable bonds is 10. The first kappa shape index (κ1) is 29.5. The fourth-order valence-electron chi connectivity index (χ4n) is 7.82. The van der Waals surface area contributed by atoms with Crippen molar-refractivity contribution in [2.45, 2.75) is 70.0 Å². The molecule has 6 rings (SSSR count). The van der Waals surface area contributed by atoms with Gasteiger partial charge < -0.3 is 24.2 Å². The first-order valence-electron chi connectivity index (χ1n) is 15.9. The minimum atomic E-state index is -0.549. The van der Waals surface area contributed by atoms with Gasteiger partial charge in [0.1, 0.15) is 6.17 Å². The van der Waals surface area contributed by atoms with Crippen LogP contribution in [0.1, 0.15) is 90.2 Å². The van der Waals surface area contributed by atoms with Gasteiger partial charge in [-0.3, -0.25) is 19.3 Å². The number of carbonyl (C=O) groups excluding carboxylic acids is 3. The summed E-state index contributed by atoms with van der Waals surface area (Å²) in [6.07, 6.45) is 8.63. The lowest BCUT2D eigenvalue weighted by Crippen LogP contribution is -2.51. The molecule has 0 N–H and O–H groups in total. The molecule has 230 valence electrons. The van der Waals surface area contributed by atoms with Crippen LogP contribution in [0.5, 0.6) is 11.5 Å². The molecule has 4 aliphatic heterocycles. The molecule has 0 unspecified atom stereocenters. The number of methoxy groups -OCH3 is 2. The van der Waals surface area contributed by atoms with Gasteiger partial charge in [-0.2, -0.15) is 0 Å². The van der Waals surface area contributed by atoms with Crippen molar-refractivity contribution in [2.24, 2.45) is 5.92 Å². The second kappa shape index (κ2) is 12.6. The van der Waals surface area contributed by atoms with E-state index in [1.807, 2.05) is 36.2 Å². The third-order valence-electron chi connectivity index (χ3n) is 9.94. The number of nitrogens with zero attached hydrogens (tertiary/aromatic N) is 4. The quantitative estimate of drug-likeness (QED) is 0.359. The molecule has 4 aliphatic rings. The Labute approximate surface area is 254 Å². The van der Waals surface area contributed by atoms with Crippen LogP contribution >= 0.6 is 0 Å². The van der Waals surface area contributed by atoms with Crippen LogP contribution < -0.4 is 14.4 Å². The first-order chi connectivity index (χ1) is 20.9. The van der Waals surface area contributed by atoms with Gasteiger partial charge in [-0.25, -0.2) is 0 Å². The molecule has 0 radical (unpaired) electrons. The van der Waals surface area contributed by atoms with Gasteiger partial charge in [0.2, 0.25) is 5.91 Å². The van der Waals surface area contributed by atoms with Crippen LogP contribution in [0.15, 0.2) is 36.4 Å². The van der Waals surface area contributed by atoms with Crippen LogP contribution in [0.2, 0.25) is 0 Å². The highest BCUT2D eigenvalue weighted by Crippen LogP contribution is 2.49. The van der Waals surface area contributed by atoms with E-state index >= 15 is 0 Å². The van der Waals surface area contributed by atoms with E-state index in [1.54, 1.807) is 29.0 Å². The Morgan fingerprint density at radius 2 is 1.74 bits per heavy atom. The number of hydrogen-bond donors (Lipinski definition) is 0. The summed E-state index contributed by atoms with van der Waals surface area (Å²) in [5.41, 5.74) is 2.30. The van der Waals surface area contributed by atoms with Gasteiger partial charge in [0.15, 0.2) is 11.5 Å². The molecule has 43 heavy (non-hydrogen) atoms. The standard InChI is InChI=1S/C34H44N4O5/c1-35(22-23-12-11-20-36-19-10-8-14-26(23)36)29(39)16-5-4-9-21-37-32-25-17-18-28(42-2)31(43-3)30(25)34(41)38(32)27-15-7-6-13-24(27)33(37)40/h6-7,13,15,17-18,23,26,32H,4-5,8-12,14,16,19-22H2,1-3H3/t23-,26+,32+/m0/s1. The Morgan fingerprint density at radius 1 is 0.930 bits per heavy atom. The summed E-state index contributed by atoms with van der Waals surface area (Å²) in [6.45, 7) is 3.76. The van der Waals surface area contributed by atoms with E-state index in [4.69, 9.17) is 9.47 Å². The summed E-state index contributed by atoms with van der Waals surface area (Å²) < 4.78 is 11.1. The lowest BCUT2D eigenvalue weighted by Gasteiger charge is -2.45. The Bertz CT molecular complexity index is 1380. The molecular weight excluding hydrogens is 544 g/mol. The Balaban J connectivity index is 1.09. The highest BCUT2D eigenvalue weighted by atomic mass is 16.5. The molecule has 2 aromatic carbocycles. The molecule has 0 aliphatic carbocycles. The van der Waals surface area contributed by atoms with Crippen LogP contribution in [0.4, 0.5) is 5.69 Å². The molecule has 3 atom stereocenters. The maximum atomic E-state index is 13.8. The average molecular weight is 589 g/mol. The number of unbranched alkanes of at least 4 members (excludes halogenated alkanes) is 2. The second-order valence-corrected chi connectivity index (χ2v) is 12.4. The minimum absolute atomic E-state index is 0.0904. The number of benzene rings is 2. The molecule has 3 amide bonds. The van der Waals surface area contributed by atoms with E-state index in [9.17, 15) is 14.4 Å². The smallest absolute Gasteiger partial charge is 0.264 e. The van der Waals surface area contributed by atoms with E-state index in [0.717, 1.165) is 31.4 Å². The second-order valence-electron chi connectivity index (χ2n) is 12.4. The van der Waals surface area contributed by atoms with Crippen molar-refractivity contribution in [3.05, 3.63) is 53.1 Å². The van der Waals surface area contributed by atoms with Gasteiger partial charge in [0.05, 0.1) is 31.0 Å². The van der Waals surface area contributed by atoms with Crippen molar-refractivity contribution >= 4 is 23.4 Å². The molecule has 2 saturated heterocycles. The molecule has 4 heterocycles. The maximum absolute atomic E-state index is 13.8. The van der Waals surface area contributed by atoms with Gasteiger partial charge in [0, 0.05) is 38.2 Å². The van der Waals surface area contributed by atoms with Crippen LogP contribution in [0.25, 0.3) is 0 Å². The summed E-state index contributed by atoms with van der Waals surface area (Å²) in [6, 6.07) is 11.6. The highest BCUT2D eigenvalue weighted by molar-refractivity contribution is 6.18. The SMILES string of the molecule is COc1ccc2c(c1OC)C(=O)N1c3ccccc3C(=O)N(CCCCCC(=O)N(C)C[C@@H]3CCCN4CCCC[C@H]34)[C@@H]21. The van der Waals surface area contributed by atoms with E-state index < -0.39 is 6.17 Å². The highest BCUT2D eigenvalue weighted by Gasteiger charge is 2.49. The third kappa shape index (κ3) is 5.37. The predicted octanol–water partition coefficient (Wildman–Crippen LogP) is 5.10. The zero-order valence-corrected chi connectivity index (χ0v) is 25.7. The fourth-order valence-corrected chi connectivity index (χ4v) is 7.82. The van der Waals surface area contributed by atoms with Crippen LogP contribution in [-0.2, 0) is 4.79 Å². The van der Waals surface area contributed by atoms with Crippen LogP contribution in [0.3, 0.4) is 0 Å². The van der Waals surface area contributed by atoms with Gasteiger partial charge in [-0.15, -0.1) is 0 Å². The van der Waals surface area contributed by atoms with Gasteiger partial charge in [-0.05, 0) is 75.7 Å². The lowest BCUT2D eigenvalue weighted by atomic mass is 9.83. The number of fused-ring (bicyclic) bond motifs is 6. The van der Waals surface area contributed by atoms with Gasteiger partial charge in [-0.1, -0.05) is 31.0 Å². The van der Waals surface area contributed by atoms with Crippen LogP contribution in [0, 0.1) is 5.92 Å². The average Bonchev–Trinajstić information content (AvgIpc) is 3.33. The Morgan fingerprint density at radius 3 is 2.56 bits per heavy atom. The molecule has 2 fully saturated rings. The summed E-state index contributed by atoms with van der Waals surface area (Å²) in [7, 11) is 5.03. The molecule has 2 aromatic rings. The third-order valence-corrected chi connectivity index (χ3v) is 9.94. The molecule has 0 bridgehead atoms. The van der Waals surface area contributed by atoms with Crippen molar-refractivity contribution in [3.8, 4) is 11.5 Å². The monoisotopic (exact) mass is 588 g/mol. The van der Waals surface area contributed by atoms with Crippen molar-refractivity contribution in [1.29, 1.82) is 0 Å².